The van der Waals surface area contributed by atoms with Crippen molar-refractivity contribution in [3.8, 4) is 161 Å². The number of fused-ring (bicyclic) bond motifs is 12. The Kier molecular flexibility index (Phi) is 22.8. The Bertz CT molecular complexity index is 7730. The predicted molar refractivity (Wildman–Crippen MR) is 498 cm³/mol. The topological polar surface area (TPSA) is 353 Å². The van der Waals surface area contributed by atoms with Crippen LogP contribution in [-0.2, 0) is 0 Å². The van der Waals surface area contributed by atoms with E-state index in [0.717, 1.165) is 114 Å². The van der Waals surface area contributed by atoms with Gasteiger partial charge >= 0.3 is 24.0 Å². The molecule has 4 aromatic heterocycles. The lowest BCUT2D eigenvalue weighted by Gasteiger charge is -2.14. The molecule has 0 radical (unpaired) electrons. The fourth-order valence-electron chi connectivity index (χ4n) is 15.8. The first-order valence-electron chi connectivity index (χ1n) is 41.3. The van der Waals surface area contributed by atoms with Gasteiger partial charge in [0.05, 0.1) is 26.4 Å². The number of aromatic hydroxyl groups is 8. The molecular formula is C104H78N12O12. The molecule has 0 fully saturated rings. The molecule has 0 aliphatic heterocycles. The first-order chi connectivity index (χ1) is 62.6. The molecule has 21 aromatic rings. The number of ether oxygens (including phenoxy) is 4. The van der Waals surface area contributed by atoms with Crippen molar-refractivity contribution in [2.45, 2.75) is 27.7 Å². The van der Waals surface area contributed by atoms with Crippen LogP contribution < -0.4 is 18.9 Å². The molecule has 0 amide bonds. The molecule has 4 heterocycles. The number of phenolic OH excluding ortho intramolecular Hbond substituents is 8. The second-order valence-electron chi connectivity index (χ2n) is 29.5. The number of hydrogen-bond acceptors (Lipinski definition) is 24. The van der Waals surface area contributed by atoms with Gasteiger partial charge in [-0.05, 0) is 210 Å². The summed E-state index contributed by atoms with van der Waals surface area (Å²) in [5.41, 5.74) is 3.79. The molecule has 24 nitrogen and oxygen atoms in total. The molecular weight excluding hydrogens is 1610 g/mol. The predicted octanol–water partition coefficient (Wildman–Crippen LogP) is 22.4. The highest BCUT2D eigenvalue weighted by Gasteiger charge is 2.26. The third kappa shape index (κ3) is 16.4. The van der Waals surface area contributed by atoms with Gasteiger partial charge in [0.25, 0.3) is 0 Å². The monoisotopic (exact) mass is 1690 g/mol. The molecule has 128 heavy (non-hydrogen) atoms. The van der Waals surface area contributed by atoms with Crippen molar-refractivity contribution in [2.75, 3.05) is 26.4 Å². The van der Waals surface area contributed by atoms with E-state index in [1.165, 1.54) is 53.9 Å². The van der Waals surface area contributed by atoms with E-state index < -0.39 is 0 Å². The second kappa shape index (κ2) is 35.7. The van der Waals surface area contributed by atoms with Gasteiger partial charge in [0.2, 0.25) is 0 Å². The van der Waals surface area contributed by atoms with Crippen molar-refractivity contribution < 1.29 is 59.8 Å². The van der Waals surface area contributed by atoms with E-state index in [-0.39, 0.29) is 116 Å². The van der Waals surface area contributed by atoms with Gasteiger partial charge in [-0.15, -0.1) is 0 Å². The third-order valence-corrected chi connectivity index (χ3v) is 21.5. The number of benzene rings is 17. The molecule has 17 aromatic carbocycles. The van der Waals surface area contributed by atoms with Gasteiger partial charge in [0.15, 0.2) is 46.6 Å². The maximum absolute atomic E-state index is 10.5. The Morgan fingerprint density at radius 2 is 0.445 bits per heavy atom. The minimum atomic E-state index is -0.126. The summed E-state index contributed by atoms with van der Waals surface area (Å²) in [6.45, 7) is 8.83. The van der Waals surface area contributed by atoms with Crippen LogP contribution in [0, 0.1) is 0 Å². The molecule has 0 aliphatic carbocycles. The van der Waals surface area contributed by atoms with Gasteiger partial charge in [-0.1, -0.05) is 218 Å². The number of aromatic nitrogens is 12. The molecule has 0 bridgehead atoms. The largest absolute Gasteiger partial charge is 0.507 e. The zero-order chi connectivity index (χ0) is 88.1. The lowest BCUT2D eigenvalue weighted by Crippen LogP contribution is -2.04. The molecule has 0 atom stereocenters. The summed E-state index contributed by atoms with van der Waals surface area (Å²) in [5, 5.41) is 102. The number of phenols is 8. The summed E-state index contributed by atoms with van der Waals surface area (Å²) < 4.78 is 22.4. The summed E-state index contributed by atoms with van der Waals surface area (Å²) in [4.78, 5) is 53.9. The van der Waals surface area contributed by atoms with E-state index in [4.69, 9.17) is 23.9 Å². The quantitative estimate of drug-likeness (QED) is 0.0329. The van der Waals surface area contributed by atoms with Crippen LogP contribution in [-0.4, -0.2) is 127 Å². The fourth-order valence-corrected chi connectivity index (χ4v) is 15.8. The Morgan fingerprint density at radius 3 is 0.859 bits per heavy atom. The Labute approximate surface area is 731 Å². The van der Waals surface area contributed by atoms with Crippen molar-refractivity contribution in [1.29, 1.82) is 0 Å². The molecule has 626 valence electrons. The Balaban J connectivity index is 0.000000115. The Hall–Kier alpha value is -17.3. The minimum absolute atomic E-state index is 0.121. The highest BCUT2D eigenvalue weighted by molar-refractivity contribution is 6.21. The smallest absolute Gasteiger partial charge is 0.320 e. The molecule has 21 rings (SSSR count). The van der Waals surface area contributed by atoms with E-state index in [9.17, 15) is 40.9 Å². The van der Waals surface area contributed by atoms with Gasteiger partial charge in [-0.25, -0.2) is 19.9 Å². The highest BCUT2D eigenvalue weighted by Crippen LogP contribution is 2.45. The van der Waals surface area contributed by atoms with Crippen LogP contribution >= 0.6 is 0 Å². The van der Waals surface area contributed by atoms with E-state index in [0.29, 0.717) is 49.7 Å². The van der Waals surface area contributed by atoms with Crippen molar-refractivity contribution in [3.05, 3.63) is 303 Å². The molecule has 0 saturated heterocycles. The van der Waals surface area contributed by atoms with E-state index in [1.807, 2.05) is 179 Å². The van der Waals surface area contributed by atoms with Gasteiger partial charge in [0.1, 0.15) is 68.2 Å². The van der Waals surface area contributed by atoms with E-state index in [2.05, 4.69) is 134 Å². The van der Waals surface area contributed by atoms with Crippen molar-refractivity contribution in [3.63, 3.8) is 0 Å². The minimum Gasteiger partial charge on any atom is -0.507 e. The van der Waals surface area contributed by atoms with Crippen molar-refractivity contribution >= 4 is 97.0 Å². The molecule has 0 aliphatic rings. The number of hydrogen-bond donors (Lipinski definition) is 8. The van der Waals surface area contributed by atoms with E-state index in [1.54, 1.807) is 24.3 Å². The normalized spacial score (nSPS) is 11.2. The van der Waals surface area contributed by atoms with Crippen LogP contribution in [0.2, 0.25) is 0 Å². The summed E-state index contributed by atoms with van der Waals surface area (Å²) in [6, 6.07) is 96.3. The summed E-state index contributed by atoms with van der Waals surface area (Å²) in [7, 11) is 0. The van der Waals surface area contributed by atoms with Crippen LogP contribution in [0.1, 0.15) is 27.7 Å². The molecule has 24 heteroatoms. The lowest BCUT2D eigenvalue weighted by atomic mass is 9.93. The second-order valence-corrected chi connectivity index (χ2v) is 29.5. The lowest BCUT2D eigenvalue weighted by molar-refractivity contribution is 0.312. The maximum atomic E-state index is 10.5. The van der Waals surface area contributed by atoms with Crippen LogP contribution in [0.5, 0.6) is 70.0 Å². The SMILES string of the molecule is CCOc1nc(-c2c(O)cccc2O)nc(-c2c3ccccc3cc3ccccc23)n1.CCOc1nc(-c2c(O)cccc2O)nc(-c2cc3c4ccccc4ccc3c3ccccc23)n1.CCOc1nc(-c2c(O)cccc2O)nc(-c2cc3ccccc3c3ccccc23)n1.CCOc1nc(-c2ccc3cc4ccccc4cc3c2)nc(-c2c(O)cccc2O)n1. The summed E-state index contributed by atoms with van der Waals surface area (Å²) in [5.74, 6) is 1.17. The number of nitrogens with zero attached hydrogens (tertiary/aromatic N) is 12. The third-order valence-electron chi connectivity index (χ3n) is 21.5. The average molecular weight is 1690 g/mol. The summed E-state index contributed by atoms with van der Waals surface area (Å²) in [6.07, 6.45) is 0. The van der Waals surface area contributed by atoms with Crippen LogP contribution in [0.4, 0.5) is 0 Å². The highest BCUT2D eigenvalue weighted by atomic mass is 16.5. The van der Waals surface area contributed by atoms with E-state index >= 15 is 0 Å². The van der Waals surface area contributed by atoms with Gasteiger partial charge in [-0.2, -0.15) is 39.9 Å². The fraction of sp³-hybridized carbons (Fsp3) is 0.0769. The molecule has 0 spiro atoms. The van der Waals surface area contributed by atoms with Crippen molar-refractivity contribution in [1.82, 2.24) is 59.8 Å². The zero-order valence-corrected chi connectivity index (χ0v) is 69.3. The van der Waals surface area contributed by atoms with Crippen LogP contribution in [0.3, 0.4) is 0 Å². The average Bonchev–Trinajstić information content (AvgIpc) is 0.747. The van der Waals surface area contributed by atoms with Crippen LogP contribution in [0.15, 0.2) is 303 Å². The van der Waals surface area contributed by atoms with Gasteiger partial charge < -0.3 is 59.8 Å². The maximum Gasteiger partial charge on any atom is 0.320 e. The number of rotatable bonds is 16. The Morgan fingerprint density at radius 1 is 0.180 bits per heavy atom. The molecule has 8 N–H and O–H groups in total. The van der Waals surface area contributed by atoms with Gasteiger partial charge in [-0.3, -0.25) is 0 Å². The first-order valence-corrected chi connectivity index (χ1v) is 41.3. The molecule has 0 unspecified atom stereocenters. The zero-order valence-electron chi connectivity index (χ0n) is 69.3. The summed E-state index contributed by atoms with van der Waals surface area (Å²) >= 11 is 0. The van der Waals surface area contributed by atoms with Gasteiger partial charge in [0, 0.05) is 22.3 Å². The first kappa shape index (κ1) is 81.7. The van der Waals surface area contributed by atoms with Crippen LogP contribution in [0.25, 0.3) is 188 Å². The van der Waals surface area contributed by atoms with Crippen molar-refractivity contribution in [2.24, 2.45) is 0 Å². The standard InChI is InChI=1S/C29H21N3O3.3C25H19N3O3/c1-2-35-29-31-27(30-28(32-29)26-24(33)12-7-13-25(26)34)23-16-22-18-9-4-3-8-17(18)14-15-21(22)19-10-5-6-11-20(19)23;1-2-31-25-27-23(26-24(28-25)22-19(29)12-7-13-20(22)30)21-17-10-5-3-8-15(17)14-16-9-4-6-11-18(16)21;1-2-31-25-27-23(26-24(28-25)22-20(29)12-7-13-21(22)30)19-14-15-8-3-4-9-16(15)17-10-5-6-11-18(17)19;1-2-31-25-27-23(26-24(28-25)22-20(29)8-5-9-21(22)30)18-11-10-17-12-15-6-3-4-7-16(15)13-19(17)14-18/h3-16,33-34H,2H2,1H3;3*3-14,29-30H,2H2,1H3. The molecule has 0 saturated carbocycles.